The van der Waals surface area contributed by atoms with Crippen LogP contribution in [-0.2, 0) is 10.0 Å². The quantitative estimate of drug-likeness (QED) is 0.915. The van der Waals surface area contributed by atoms with Gasteiger partial charge in [-0.2, -0.15) is 4.31 Å². The standard InChI is InChI=1S/C12H14F3NO4S/c13-12(14,15)20-10-4-1-5-11(7-10)21(18,19)16-6-2-3-9(16)8-17/h1,4-5,7,9,17H,2-3,6,8H2. The van der Waals surface area contributed by atoms with Gasteiger partial charge in [-0.3, -0.25) is 0 Å². The molecule has 1 aliphatic rings. The number of aliphatic hydroxyl groups excluding tert-OH is 1. The van der Waals surface area contributed by atoms with Crippen LogP contribution in [0, 0.1) is 0 Å². The average molecular weight is 325 g/mol. The monoisotopic (exact) mass is 325 g/mol. The van der Waals surface area contributed by atoms with Gasteiger partial charge in [0, 0.05) is 18.7 Å². The number of benzene rings is 1. The topological polar surface area (TPSA) is 66.8 Å². The molecule has 1 aromatic rings. The van der Waals surface area contributed by atoms with E-state index in [2.05, 4.69) is 4.74 Å². The van der Waals surface area contributed by atoms with E-state index in [0.29, 0.717) is 12.8 Å². The van der Waals surface area contributed by atoms with Crippen LogP contribution in [0.5, 0.6) is 5.75 Å². The molecule has 1 aliphatic heterocycles. The van der Waals surface area contributed by atoms with Crippen LogP contribution in [-0.4, -0.2) is 43.4 Å². The smallest absolute Gasteiger partial charge is 0.406 e. The molecule has 118 valence electrons. The van der Waals surface area contributed by atoms with Crippen molar-refractivity contribution in [2.24, 2.45) is 0 Å². The largest absolute Gasteiger partial charge is 0.573 e. The molecule has 0 spiro atoms. The Kier molecular flexibility index (Phi) is 4.45. The fourth-order valence-corrected chi connectivity index (χ4v) is 4.00. The first-order chi connectivity index (χ1) is 9.74. The molecule has 5 nitrogen and oxygen atoms in total. The number of hydrogen-bond donors (Lipinski definition) is 1. The minimum absolute atomic E-state index is 0.234. The Morgan fingerprint density at radius 3 is 2.71 bits per heavy atom. The molecule has 0 aromatic heterocycles. The third-order valence-corrected chi connectivity index (χ3v) is 5.13. The molecule has 1 fully saturated rings. The van der Waals surface area contributed by atoms with E-state index in [4.69, 9.17) is 0 Å². The van der Waals surface area contributed by atoms with E-state index in [-0.39, 0.29) is 18.0 Å². The van der Waals surface area contributed by atoms with Crippen LogP contribution in [0.15, 0.2) is 29.2 Å². The molecule has 0 radical (unpaired) electrons. The zero-order chi connectivity index (χ0) is 15.7. The molecular weight excluding hydrogens is 311 g/mol. The van der Waals surface area contributed by atoms with Gasteiger partial charge in [0.2, 0.25) is 10.0 Å². The van der Waals surface area contributed by atoms with Gasteiger partial charge < -0.3 is 9.84 Å². The molecule has 9 heteroatoms. The number of rotatable bonds is 4. The lowest BCUT2D eigenvalue weighted by Crippen LogP contribution is -2.37. The van der Waals surface area contributed by atoms with Crippen molar-refractivity contribution in [3.63, 3.8) is 0 Å². The maximum Gasteiger partial charge on any atom is 0.573 e. The predicted octanol–water partition coefficient (Wildman–Crippen LogP) is 1.73. The molecular formula is C12H14F3NO4S. The molecule has 0 saturated carbocycles. The van der Waals surface area contributed by atoms with Gasteiger partial charge in [-0.05, 0) is 25.0 Å². The Bertz CT molecular complexity index is 603. The van der Waals surface area contributed by atoms with E-state index in [1.165, 1.54) is 12.1 Å². The normalized spacial score (nSPS) is 20.7. The summed E-state index contributed by atoms with van der Waals surface area (Å²) in [5.74, 6) is -0.594. The van der Waals surface area contributed by atoms with Gasteiger partial charge in [0.1, 0.15) is 5.75 Å². The van der Waals surface area contributed by atoms with E-state index in [9.17, 15) is 26.7 Å². The summed E-state index contributed by atoms with van der Waals surface area (Å²) in [5.41, 5.74) is 0. The number of alkyl halides is 3. The minimum atomic E-state index is -4.89. The lowest BCUT2D eigenvalue weighted by molar-refractivity contribution is -0.274. The van der Waals surface area contributed by atoms with Gasteiger partial charge in [0.15, 0.2) is 0 Å². The first-order valence-electron chi connectivity index (χ1n) is 6.22. The first kappa shape index (κ1) is 16.1. The minimum Gasteiger partial charge on any atom is -0.406 e. The van der Waals surface area contributed by atoms with Crippen LogP contribution in [0.1, 0.15) is 12.8 Å². The number of hydrogen-bond acceptors (Lipinski definition) is 4. The maximum atomic E-state index is 12.4. The Morgan fingerprint density at radius 2 is 2.10 bits per heavy atom. The van der Waals surface area contributed by atoms with E-state index in [1.54, 1.807) is 0 Å². The number of aliphatic hydroxyl groups is 1. The highest BCUT2D eigenvalue weighted by Gasteiger charge is 2.36. The van der Waals surface area contributed by atoms with Crippen molar-refractivity contribution in [1.29, 1.82) is 0 Å². The van der Waals surface area contributed by atoms with Gasteiger partial charge in [-0.25, -0.2) is 8.42 Å². The molecule has 2 rings (SSSR count). The lowest BCUT2D eigenvalue weighted by Gasteiger charge is -2.22. The summed E-state index contributed by atoms with van der Waals surface area (Å²) in [4.78, 5) is -0.287. The van der Waals surface area contributed by atoms with Crippen molar-refractivity contribution in [3.8, 4) is 5.75 Å². The molecule has 1 heterocycles. The van der Waals surface area contributed by atoms with Gasteiger partial charge >= 0.3 is 6.36 Å². The van der Waals surface area contributed by atoms with E-state index >= 15 is 0 Å². The molecule has 0 aliphatic carbocycles. The summed E-state index contributed by atoms with van der Waals surface area (Å²) < 4.78 is 66.1. The van der Waals surface area contributed by atoms with Crippen LogP contribution < -0.4 is 4.74 Å². The van der Waals surface area contributed by atoms with Crippen LogP contribution in [0.25, 0.3) is 0 Å². The number of halogens is 3. The summed E-state index contributed by atoms with van der Waals surface area (Å²) >= 11 is 0. The van der Waals surface area contributed by atoms with E-state index in [1.807, 2.05) is 0 Å². The molecule has 1 unspecified atom stereocenters. The highest BCUT2D eigenvalue weighted by molar-refractivity contribution is 7.89. The molecule has 0 bridgehead atoms. The van der Waals surface area contributed by atoms with Crippen molar-refractivity contribution >= 4 is 10.0 Å². The summed E-state index contributed by atoms with van der Waals surface area (Å²) in [6, 6.07) is 3.70. The fourth-order valence-electron chi connectivity index (χ4n) is 2.28. The Morgan fingerprint density at radius 1 is 1.38 bits per heavy atom. The second kappa shape index (κ2) is 5.82. The second-order valence-electron chi connectivity index (χ2n) is 4.62. The highest BCUT2D eigenvalue weighted by atomic mass is 32.2. The summed E-state index contributed by atoms with van der Waals surface area (Å²) in [5, 5.41) is 9.17. The van der Waals surface area contributed by atoms with Crippen molar-refractivity contribution in [1.82, 2.24) is 4.31 Å². The molecule has 21 heavy (non-hydrogen) atoms. The van der Waals surface area contributed by atoms with Crippen LogP contribution in [0.3, 0.4) is 0 Å². The Balaban J connectivity index is 2.30. The molecule has 1 aromatic carbocycles. The van der Waals surface area contributed by atoms with Crippen molar-refractivity contribution in [3.05, 3.63) is 24.3 Å². The maximum absolute atomic E-state index is 12.4. The zero-order valence-corrected chi connectivity index (χ0v) is 11.7. The molecule has 0 amide bonds. The van der Waals surface area contributed by atoms with E-state index in [0.717, 1.165) is 16.4 Å². The molecule has 1 saturated heterocycles. The van der Waals surface area contributed by atoms with Crippen LogP contribution >= 0.6 is 0 Å². The zero-order valence-electron chi connectivity index (χ0n) is 10.9. The number of nitrogens with zero attached hydrogens (tertiary/aromatic N) is 1. The van der Waals surface area contributed by atoms with Crippen molar-refractivity contribution in [2.75, 3.05) is 13.2 Å². The summed E-state index contributed by atoms with van der Waals surface area (Å²) in [6.07, 6.45) is -3.76. The van der Waals surface area contributed by atoms with Crippen LogP contribution in [0.4, 0.5) is 13.2 Å². The predicted molar refractivity (Wildman–Crippen MR) is 67.1 cm³/mol. The van der Waals surface area contributed by atoms with Gasteiger partial charge in [-0.1, -0.05) is 6.07 Å². The Labute approximate surface area is 120 Å². The first-order valence-corrected chi connectivity index (χ1v) is 7.66. The molecule has 1 N–H and O–H groups in total. The third kappa shape index (κ3) is 3.66. The average Bonchev–Trinajstić information content (AvgIpc) is 2.86. The second-order valence-corrected chi connectivity index (χ2v) is 6.51. The van der Waals surface area contributed by atoms with Crippen LogP contribution in [0.2, 0.25) is 0 Å². The third-order valence-electron chi connectivity index (χ3n) is 3.18. The summed E-state index contributed by atoms with van der Waals surface area (Å²) in [6.45, 7) is -0.0874. The number of sulfonamides is 1. The van der Waals surface area contributed by atoms with Gasteiger partial charge in [0.25, 0.3) is 0 Å². The van der Waals surface area contributed by atoms with Crippen molar-refractivity contribution < 1.29 is 31.4 Å². The fraction of sp³-hybridized carbons (Fsp3) is 0.500. The summed E-state index contributed by atoms with van der Waals surface area (Å²) in [7, 11) is -3.95. The SMILES string of the molecule is O=S(=O)(c1cccc(OC(F)(F)F)c1)N1CCCC1CO. The highest BCUT2D eigenvalue weighted by Crippen LogP contribution is 2.29. The van der Waals surface area contributed by atoms with E-state index < -0.39 is 28.2 Å². The van der Waals surface area contributed by atoms with Crippen molar-refractivity contribution in [2.45, 2.75) is 30.1 Å². The molecule has 1 atom stereocenters. The lowest BCUT2D eigenvalue weighted by atomic mass is 10.2. The number of ether oxygens (including phenoxy) is 1. The van der Waals surface area contributed by atoms with Gasteiger partial charge in [0.05, 0.1) is 11.5 Å². The van der Waals surface area contributed by atoms with Gasteiger partial charge in [-0.15, -0.1) is 13.2 Å². The Hall–Kier alpha value is -1.32.